The van der Waals surface area contributed by atoms with Crippen LogP contribution >= 0.6 is 0 Å². The summed E-state index contributed by atoms with van der Waals surface area (Å²) in [7, 11) is 0. The van der Waals surface area contributed by atoms with Crippen molar-refractivity contribution < 1.29 is 9.53 Å². The lowest BCUT2D eigenvalue weighted by molar-refractivity contribution is -0.116. The maximum absolute atomic E-state index is 12.2. The Morgan fingerprint density at radius 2 is 1.81 bits per heavy atom. The van der Waals surface area contributed by atoms with E-state index in [0.29, 0.717) is 13.0 Å². The van der Waals surface area contributed by atoms with E-state index in [1.54, 1.807) is 0 Å². The summed E-state index contributed by atoms with van der Waals surface area (Å²) in [4.78, 5) is 17.1. The Hall–Kier alpha value is -2.53. The van der Waals surface area contributed by atoms with Gasteiger partial charge in [0.1, 0.15) is 5.75 Å². The van der Waals surface area contributed by atoms with Crippen molar-refractivity contribution in [1.82, 2.24) is 4.90 Å². The predicted octanol–water partition coefficient (Wildman–Crippen LogP) is 3.54. The van der Waals surface area contributed by atoms with Crippen LogP contribution in [0.4, 0.5) is 11.4 Å². The molecule has 1 aliphatic heterocycles. The fourth-order valence-corrected chi connectivity index (χ4v) is 3.39. The van der Waals surface area contributed by atoms with Gasteiger partial charge < -0.3 is 19.9 Å². The second kappa shape index (κ2) is 9.42. The molecule has 5 nitrogen and oxygen atoms in total. The van der Waals surface area contributed by atoms with Crippen LogP contribution in [0.3, 0.4) is 0 Å². The van der Waals surface area contributed by atoms with E-state index in [9.17, 15) is 4.79 Å². The third kappa shape index (κ3) is 5.47. The molecule has 1 N–H and O–H groups in total. The first-order chi connectivity index (χ1) is 13.2. The molecule has 27 heavy (non-hydrogen) atoms. The first-order valence-corrected chi connectivity index (χ1v) is 9.71. The number of hydrogen-bond donors (Lipinski definition) is 1. The summed E-state index contributed by atoms with van der Waals surface area (Å²) in [6, 6.07) is 15.7. The molecular weight excluding hydrogens is 338 g/mol. The average molecular weight is 367 g/mol. The molecule has 0 atom stereocenters. The van der Waals surface area contributed by atoms with Gasteiger partial charge in [-0.1, -0.05) is 25.1 Å². The molecule has 2 aromatic carbocycles. The minimum atomic E-state index is -0.0327. The van der Waals surface area contributed by atoms with E-state index in [2.05, 4.69) is 41.1 Å². The van der Waals surface area contributed by atoms with Crippen molar-refractivity contribution in [3.8, 4) is 5.75 Å². The van der Waals surface area contributed by atoms with Gasteiger partial charge >= 0.3 is 0 Å². The lowest BCUT2D eigenvalue weighted by Gasteiger charge is -2.36. The number of aryl methyl sites for hydroxylation is 1. The number of amides is 1. The number of hydrogen-bond acceptors (Lipinski definition) is 4. The predicted molar refractivity (Wildman–Crippen MR) is 111 cm³/mol. The van der Waals surface area contributed by atoms with Crippen LogP contribution in [0, 0.1) is 6.92 Å². The Morgan fingerprint density at radius 3 is 2.48 bits per heavy atom. The minimum Gasteiger partial charge on any atom is -0.493 e. The first-order valence-electron chi connectivity index (χ1n) is 9.71. The van der Waals surface area contributed by atoms with E-state index in [1.165, 1.54) is 11.3 Å². The summed E-state index contributed by atoms with van der Waals surface area (Å²) in [6.07, 6.45) is 0.328. The van der Waals surface area contributed by atoms with Crippen molar-refractivity contribution in [1.29, 1.82) is 0 Å². The molecule has 0 aromatic heterocycles. The molecule has 144 valence electrons. The number of likely N-dealkylation sites (N-methyl/N-ethyl adjacent to an activating group) is 1. The van der Waals surface area contributed by atoms with Crippen molar-refractivity contribution in [2.24, 2.45) is 0 Å². The van der Waals surface area contributed by atoms with Crippen molar-refractivity contribution in [3.63, 3.8) is 0 Å². The number of nitrogens with zero attached hydrogens (tertiary/aromatic N) is 2. The molecular formula is C22H29N3O2. The molecule has 3 rings (SSSR count). The number of anilines is 2. The van der Waals surface area contributed by atoms with Gasteiger partial charge in [-0.05, 0) is 49.4 Å². The topological polar surface area (TPSA) is 44.8 Å². The highest BCUT2D eigenvalue weighted by Gasteiger charge is 2.17. The summed E-state index contributed by atoms with van der Waals surface area (Å²) in [5.74, 6) is 0.753. The molecule has 0 aliphatic carbocycles. The Kier molecular flexibility index (Phi) is 6.71. The second-order valence-electron chi connectivity index (χ2n) is 6.88. The number of rotatable bonds is 7. The van der Waals surface area contributed by atoms with Gasteiger partial charge in [0.25, 0.3) is 0 Å². The molecule has 1 fully saturated rings. The number of nitrogens with one attached hydrogen (secondary N) is 1. The molecule has 0 unspecified atom stereocenters. The van der Waals surface area contributed by atoms with Crippen LogP contribution in [-0.2, 0) is 4.79 Å². The van der Waals surface area contributed by atoms with E-state index < -0.39 is 0 Å². The molecule has 5 heteroatoms. The molecule has 2 aromatic rings. The van der Waals surface area contributed by atoms with Gasteiger partial charge in [0.05, 0.1) is 13.0 Å². The van der Waals surface area contributed by atoms with Gasteiger partial charge in [0.2, 0.25) is 5.91 Å². The van der Waals surface area contributed by atoms with E-state index in [0.717, 1.165) is 44.2 Å². The normalized spacial score (nSPS) is 14.8. The SMILES string of the molecule is CCN1CCN(c2ccc(NC(=O)CCOc3ccccc3)cc2C)CC1. The third-order valence-corrected chi connectivity index (χ3v) is 4.98. The highest BCUT2D eigenvalue weighted by Crippen LogP contribution is 2.25. The first kappa shape index (κ1) is 19.2. The van der Waals surface area contributed by atoms with Crippen LogP contribution in [0.15, 0.2) is 48.5 Å². The Morgan fingerprint density at radius 1 is 1.07 bits per heavy atom. The van der Waals surface area contributed by atoms with Gasteiger partial charge in [-0.25, -0.2) is 0 Å². The van der Waals surface area contributed by atoms with Gasteiger partial charge in [-0.15, -0.1) is 0 Å². The molecule has 0 spiro atoms. The Balaban J connectivity index is 1.49. The second-order valence-corrected chi connectivity index (χ2v) is 6.88. The molecule has 0 radical (unpaired) electrons. The fourth-order valence-electron chi connectivity index (χ4n) is 3.39. The largest absolute Gasteiger partial charge is 0.493 e. The van der Waals surface area contributed by atoms with E-state index in [1.807, 2.05) is 36.4 Å². The quantitative estimate of drug-likeness (QED) is 0.813. The number of benzene rings is 2. The van der Waals surface area contributed by atoms with Crippen LogP contribution in [-0.4, -0.2) is 50.1 Å². The fraction of sp³-hybridized carbons (Fsp3) is 0.409. The van der Waals surface area contributed by atoms with Crippen LogP contribution in [0.1, 0.15) is 18.9 Å². The zero-order valence-corrected chi connectivity index (χ0v) is 16.3. The zero-order chi connectivity index (χ0) is 19.1. The van der Waals surface area contributed by atoms with E-state index in [-0.39, 0.29) is 5.91 Å². The maximum atomic E-state index is 12.2. The molecule has 1 amide bonds. The summed E-state index contributed by atoms with van der Waals surface area (Å²) in [5, 5.41) is 2.97. The van der Waals surface area contributed by atoms with Gasteiger partial charge in [-0.2, -0.15) is 0 Å². The average Bonchev–Trinajstić information content (AvgIpc) is 2.69. The smallest absolute Gasteiger partial charge is 0.227 e. The number of carbonyl (C=O) groups excluding carboxylic acids is 1. The number of para-hydroxylation sites is 1. The Bertz CT molecular complexity index is 740. The lowest BCUT2D eigenvalue weighted by Crippen LogP contribution is -2.46. The molecule has 1 saturated heterocycles. The van der Waals surface area contributed by atoms with Crippen molar-refractivity contribution in [2.75, 3.05) is 49.5 Å². The molecule has 1 aliphatic rings. The highest BCUT2D eigenvalue weighted by molar-refractivity contribution is 5.91. The van der Waals surface area contributed by atoms with E-state index >= 15 is 0 Å². The van der Waals surface area contributed by atoms with Crippen LogP contribution < -0.4 is 15.0 Å². The Labute approximate surface area is 161 Å². The zero-order valence-electron chi connectivity index (χ0n) is 16.3. The molecule has 0 bridgehead atoms. The molecule has 0 saturated carbocycles. The summed E-state index contributed by atoms with van der Waals surface area (Å²) >= 11 is 0. The lowest BCUT2D eigenvalue weighted by atomic mass is 10.1. The highest BCUT2D eigenvalue weighted by atomic mass is 16.5. The van der Waals surface area contributed by atoms with Gasteiger partial charge in [0, 0.05) is 37.6 Å². The maximum Gasteiger partial charge on any atom is 0.227 e. The van der Waals surface area contributed by atoms with Crippen molar-refractivity contribution >= 4 is 17.3 Å². The summed E-state index contributed by atoms with van der Waals surface area (Å²) < 4.78 is 5.58. The standard InChI is InChI=1S/C22H29N3O2/c1-3-24-12-14-25(15-13-24)21-10-9-19(17-18(21)2)23-22(26)11-16-27-20-7-5-4-6-8-20/h4-10,17H,3,11-16H2,1-2H3,(H,23,26). The number of ether oxygens (including phenoxy) is 1. The van der Waals surface area contributed by atoms with Crippen LogP contribution in [0.5, 0.6) is 5.75 Å². The minimum absolute atomic E-state index is 0.0327. The van der Waals surface area contributed by atoms with Crippen molar-refractivity contribution in [3.05, 3.63) is 54.1 Å². The summed E-state index contributed by atoms with van der Waals surface area (Å²) in [6.45, 7) is 10.1. The van der Waals surface area contributed by atoms with Crippen molar-refractivity contribution in [2.45, 2.75) is 20.3 Å². The van der Waals surface area contributed by atoms with E-state index in [4.69, 9.17) is 4.74 Å². The van der Waals surface area contributed by atoms with Gasteiger partial charge in [-0.3, -0.25) is 4.79 Å². The van der Waals surface area contributed by atoms with Crippen LogP contribution in [0.25, 0.3) is 0 Å². The monoisotopic (exact) mass is 367 g/mol. The number of piperazine rings is 1. The van der Waals surface area contributed by atoms with Crippen LogP contribution in [0.2, 0.25) is 0 Å². The number of carbonyl (C=O) groups is 1. The van der Waals surface area contributed by atoms with Gasteiger partial charge in [0.15, 0.2) is 0 Å². The molecule has 1 heterocycles. The summed E-state index contributed by atoms with van der Waals surface area (Å²) in [5.41, 5.74) is 3.29. The third-order valence-electron chi connectivity index (χ3n) is 4.98.